The molecule has 0 saturated carbocycles. The second kappa shape index (κ2) is 9.05. The number of aromatic nitrogens is 2. The van der Waals surface area contributed by atoms with Gasteiger partial charge in [0.05, 0.1) is 4.90 Å². The van der Waals surface area contributed by atoms with Crippen molar-refractivity contribution in [1.29, 1.82) is 0 Å². The third-order valence-corrected chi connectivity index (χ3v) is 4.52. The van der Waals surface area contributed by atoms with Crippen LogP contribution in [0.3, 0.4) is 0 Å². The summed E-state index contributed by atoms with van der Waals surface area (Å²) in [6.07, 6.45) is -4.00. The third-order valence-electron chi connectivity index (χ3n) is 3.59. The van der Waals surface area contributed by atoms with Crippen molar-refractivity contribution in [3.8, 4) is 0 Å². The molecule has 2 rings (SSSR count). The fourth-order valence-corrected chi connectivity index (χ4v) is 2.72. The van der Waals surface area contributed by atoms with E-state index in [2.05, 4.69) is 25.9 Å². The van der Waals surface area contributed by atoms with Crippen LogP contribution in [0.1, 0.15) is 18.1 Å². The van der Waals surface area contributed by atoms with Crippen molar-refractivity contribution < 1.29 is 26.4 Å². The fraction of sp³-hybridized carbons (Fsp3) is 0.312. The minimum atomic E-state index is -4.65. The first kappa shape index (κ1) is 22.4. The maximum Gasteiger partial charge on any atom is 0.421 e. The molecule has 5 N–H and O–H groups in total. The lowest BCUT2D eigenvalue weighted by atomic mass is 10.2. The molecular weight excluding hydrogens is 413 g/mol. The van der Waals surface area contributed by atoms with Gasteiger partial charge < -0.3 is 16.0 Å². The minimum absolute atomic E-state index is 0.0359. The van der Waals surface area contributed by atoms with Gasteiger partial charge >= 0.3 is 6.18 Å². The van der Waals surface area contributed by atoms with Gasteiger partial charge in [0.15, 0.2) is 0 Å². The van der Waals surface area contributed by atoms with Crippen molar-refractivity contribution in [1.82, 2.24) is 15.3 Å². The highest BCUT2D eigenvalue weighted by atomic mass is 32.2. The zero-order valence-corrected chi connectivity index (χ0v) is 16.1. The van der Waals surface area contributed by atoms with E-state index in [9.17, 15) is 26.4 Å². The highest BCUT2D eigenvalue weighted by molar-refractivity contribution is 7.89. The van der Waals surface area contributed by atoms with E-state index in [1.54, 1.807) is 0 Å². The van der Waals surface area contributed by atoms with Crippen LogP contribution in [0.2, 0.25) is 0 Å². The number of benzene rings is 1. The molecule has 2 aromatic rings. The number of primary sulfonamides is 1. The Morgan fingerprint density at radius 2 is 1.79 bits per heavy atom. The number of rotatable bonds is 8. The predicted molar refractivity (Wildman–Crippen MR) is 99.3 cm³/mol. The third kappa shape index (κ3) is 6.87. The summed E-state index contributed by atoms with van der Waals surface area (Å²) in [6, 6.07) is 5.64. The van der Waals surface area contributed by atoms with Crippen molar-refractivity contribution in [2.75, 3.05) is 23.7 Å². The number of hydrogen-bond donors (Lipinski definition) is 4. The summed E-state index contributed by atoms with van der Waals surface area (Å²) in [4.78, 5) is 18.3. The monoisotopic (exact) mass is 432 g/mol. The zero-order chi connectivity index (χ0) is 21.7. The number of halogens is 3. The molecule has 158 valence electrons. The van der Waals surface area contributed by atoms with Crippen LogP contribution in [-0.4, -0.2) is 37.4 Å². The molecule has 0 atom stereocenters. The van der Waals surface area contributed by atoms with Crippen LogP contribution in [0.5, 0.6) is 0 Å². The summed E-state index contributed by atoms with van der Waals surface area (Å²) in [6.45, 7) is 1.59. The molecule has 13 heteroatoms. The Hall–Kier alpha value is -2.93. The lowest BCUT2D eigenvalue weighted by Gasteiger charge is -2.15. The van der Waals surface area contributed by atoms with Gasteiger partial charge in [0.2, 0.25) is 21.9 Å². The van der Waals surface area contributed by atoms with Crippen molar-refractivity contribution in [3.05, 3.63) is 41.6 Å². The molecule has 29 heavy (non-hydrogen) atoms. The van der Waals surface area contributed by atoms with Crippen molar-refractivity contribution in [3.63, 3.8) is 0 Å². The first-order chi connectivity index (χ1) is 13.5. The fourth-order valence-electron chi connectivity index (χ4n) is 2.21. The summed E-state index contributed by atoms with van der Waals surface area (Å²) in [5.74, 6) is -0.790. The Bertz CT molecular complexity index is 965. The van der Waals surface area contributed by atoms with Gasteiger partial charge in [-0.05, 0) is 17.7 Å². The van der Waals surface area contributed by atoms with Crippen LogP contribution in [0.25, 0.3) is 0 Å². The van der Waals surface area contributed by atoms with E-state index >= 15 is 0 Å². The number of hydrogen-bond acceptors (Lipinski definition) is 7. The Morgan fingerprint density at radius 3 is 2.34 bits per heavy atom. The molecule has 0 radical (unpaired) electrons. The van der Waals surface area contributed by atoms with Crippen LogP contribution in [0.4, 0.5) is 24.9 Å². The SMILES string of the molecule is CC(=O)NCCNc1nc(NCc2ccc(S(N)(=O)=O)cc2)ncc1C(F)(F)F. The van der Waals surface area contributed by atoms with Crippen LogP contribution in [-0.2, 0) is 27.5 Å². The van der Waals surface area contributed by atoms with E-state index in [1.165, 1.54) is 31.2 Å². The highest BCUT2D eigenvalue weighted by Crippen LogP contribution is 2.33. The van der Waals surface area contributed by atoms with Gasteiger partial charge in [-0.3, -0.25) is 4.79 Å². The number of sulfonamides is 1. The Labute approximate surface area is 165 Å². The van der Waals surface area contributed by atoms with Gasteiger partial charge in [-0.1, -0.05) is 12.1 Å². The van der Waals surface area contributed by atoms with Gasteiger partial charge in [0.25, 0.3) is 0 Å². The number of anilines is 2. The van der Waals surface area contributed by atoms with Crippen LogP contribution in [0, 0.1) is 0 Å². The molecule has 9 nitrogen and oxygen atoms in total. The molecule has 0 spiro atoms. The average molecular weight is 432 g/mol. The highest BCUT2D eigenvalue weighted by Gasteiger charge is 2.35. The van der Waals surface area contributed by atoms with E-state index in [4.69, 9.17) is 5.14 Å². The van der Waals surface area contributed by atoms with E-state index in [1.807, 2.05) is 0 Å². The second-order valence-electron chi connectivity index (χ2n) is 5.91. The molecule has 0 aliphatic heterocycles. The standard InChI is InChI=1S/C16H19F3N6O3S/c1-10(26)21-6-7-22-14-13(16(17,18)19)9-24-15(25-14)23-8-11-2-4-12(5-3-11)29(20,27)28/h2-5,9H,6-8H2,1H3,(H,21,26)(H2,20,27,28)(H2,22,23,24,25). The molecule has 1 heterocycles. The first-order valence-corrected chi connectivity index (χ1v) is 9.79. The zero-order valence-electron chi connectivity index (χ0n) is 15.2. The average Bonchev–Trinajstić information content (AvgIpc) is 2.62. The van der Waals surface area contributed by atoms with Gasteiger partial charge in [-0.2, -0.15) is 18.2 Å². The number of carbonyl (C=O) groups excluding carboxylic acids is 1. The second-order valence-corrected chi connectivity index (χ2v) is 7.47. The van der Waals surface area contributed by atoms with E-state index in [0.29, 0.717) is 11.8 Å². The van der Waals surface area contributed by atoms with Gasteiger partial charge in [0, 0.05) is 32.8 Å². The van der Waals surface area contributed by atoms with E-state index in [-0.39, 0.29) is 36.4 Å². The number of alkyl halides is 3. The molecule has 0 aliphatic carbocycles. The maximum atomic E-state index is 13.1. The molecule has 1 aromatic heterocycles. The van der Waals surface area contributed by atoms with E-state index < -0.39 is 27.6 Å². The number of nitrogens with zero attached hydrogens (tertiary/aromatic N) is 2. The number of amides is 1. The van der Waals surface area contributed by atoms with Crippen molar-refractivity contribution in [2.24, 2.45) is 5.14 Å². The number of nitrogens with one attached hydrogen (secondary N) is 3. The summed E-state index contributed by atoms with van der Waals surface area (Å²) < 4.78 is 61.9. The minimum Gasteiger partial charge on any atom is -0.368 e. The smallest absolute Gasteiger partial charge is 0.368 e. The molecular formula is C16H19F3N6O3S. The lowest BCUT2D eigenvalue weighted by Crippen LogP contribution is -2.27. The summed E-state index contributed by atoms with van der Waals surface area (Å²) in [7, 11) is -3.81. The molecule has 0 unspecified atom stereocenters. The molecule has 0 fully saturated rings. The van der Waals surface area contributed by atoms with Gasteiger partial charge in [-0.15, -0.1) is 0 Å². The molecule has 1 aromatic carbocycles. The normalized spacial score (nSPS) is 11.8. The van der Waals surface area contributed by atoms with Crippen molar-refractivity contribution in [2.45, 2.75) is 24.5 Å². The predicted octanol–water partition coefficient (Wildman–Crippen LogP) is 1.30. The topological polar surface area (TPSA) is 139 Å². The Kier molecular flexibility index (Phi) is 6.97. The quantitative estimate of drug-likeness (QED) is 0.461. The number of nitrogens with two attached hydrogens (primary N) is 1. The van der Waals surface area contributed by atoms with Gasteiger partial charge in [-0.25, -0.2) is 18.5 Å². The van der Waals surface area contributed by atoms with Crippen LogP contribution >= 0.6 is 0 Å². The van der Waals surface area contributed by atoms with Crippen molar-refractivity contribution >= 4 is 27.7 Å². The maximum absolute atomic E-state index is 13.1. The number of carbonyl (C=O) groups is 1. The summed E-state index contributed by atoms with van der Waals surface area (Å²) in [5, 5.41) is 12.8. The molecule has 0 aliphatic rings. The largest absolute Gasteiger partial charge is 0.421 e. The van der Waals surface area contributed by atoms with Crippen LogP contribution in [0.15, 0.2) is 35.4 Å². The van der Waals surface area contributed by atoms with E-state index in [0.717, 1.165) is 0 Å². The molecule has 0 saturated heterocycles. The molecule has 1 amide bonds. The Balaban J connectivity index is 2.10. The Morgan fingerprint density at radius 1 is 1.14 bits per heavy atom. The first-order valence-electron chi connectivity index (χ1n) is 8.25. The summed E-state index contributed by atoms with van der Waals surface area (Å²) >= 11 is 0. The lowest BCUT2D eigenvalue weighted by molar-refractivity contribution is -0.137. The van der Waals surface area contributed by atoms with Gasteiger partial charge in [0.1, 0.15) is 11.4 Å². The van der Waals surface area contributed by atoms with Crippen LogP contribution < -0.4 is 21.1 Å². The summed E-state index contributed by atoms with van der Waals surface area (Å²) in [5.41, 5.74) is -0.399. The molecule has 0 bridgehead atoms.